The second-order valence-corrected chi connectivity index (χ2v) is 7.85. The molecule has 104 valence electrons. The van der Waals surface area contributed by atoms with E-state index in [-0.39, 0.29) is 17.1 Å². The van der Waals surface area contributed by atoms with Crippen molar-refractivity contribution < 1.29 is 8.42 Å². The maximum Gasteiger partial charge on any atom is 0.178 e. The molecule has 0 saturated heterocycles. The number of aryl methyl sites for hydroxylation is 1. The number of hydrogen-bond donors (Lipinski definition) is 0. The molecule has 0 spiro atoms. The highest BCUT2D eigenvalue weighted by atomic mass is 32.2. The van der Waals surface area contributed by atoms with Gasteiger partial charge in [-0.05, 0) is 30.4 Å². The summed E-state index contributed by atoms with van der Waals surface area (Å²) in [7, 11) is -3.29. The number of sulfone groups is 1. The molecule has 3 nitrogen and oxygen atoms in total. The molecule has 0 aliphatic carbocycles. The summed E-state index contributed by atoms with van der Waals surface area (Å²) in [4.78, 5) is 0.359. The number of nitrogens with zero attached hydrogens (tertiary/aromatic N) is 1. The van der Waals surface area contributed by atoms with E-state index in [9.17, 15) is 8.42 Å². The minimum atomic E-state index is -3.29. The first-order chi connectivity index (χ1) is 8.69. The van der Waals surface area contributed by atoms with Gasteiger partial charge in [0.15, 0.2) is 9.84 Å². The van der Waals surface area contributed by atoms with Gasteiger partial charge in [-0.1, -0.05) is 38.5 Å². The normalized spacial score (nSPS) is 13.8. The van der Waals surface area contributed by atoms with Crippen LogP contribution in [0.5, 0.6) is 0 Å². The molecule has 0 aliphatic rings. The maximum absolute atomic E-state index is 12.3. The van der Waals surface area contributed by atoms with Gasteiger partial charge in [0.25, 0.3) is 0 Å². The lowest BCUT2D eigenvalue weighted by atomic mass is 9.79. The summed E-state index contributed by atoms with van der Waals surface area (Å²) in [6, 6.07) is 9.03. The third-order valence-corrected chi connectivity index (χ3v) is 5.65. The summed E-state index contributed by atoms with van der Waals surface area (Å²) in [5.74, 6) is 0.00327. The van der Waals surface area contributed by atoms with Crippen LogP contribution in [0, 0.1) is 29.6 Å². The molecular formula is C15H21NO2S. The van der Waals surface area contributed by atoms with Crippen molar-refractivity contribution in [3.8, 4) is 6.07 Å². The van der Waals surface area contributed by atoms with Crippen LogP contribution in [0.2, 0.25) is 0 Å². The summed E-state index contributed by atoms with van der Waals surface area (Å²) >= 11 is 0. The van der Waals surface area contributed by atoms with Gasteiger partial charge in [-0.3, -0.25) is 0 Å². The molecule has 0 bridgehead atoms. The van der Waals surface area contributed by atoms with Crippen molar-refractivity contribution in [2.45, 2.75) is 39.0 Å². The van der Waals surface area contributed by atoms with Gasteiger partial charge >= 0.3 is 0 Å². The zero-order chi connectivity index (χ0) is 14.7. The van der Waals surface area contributed by atoms with Crippen LogP contribution in [0.15, 0.2) is 29.2 Å². The van der Waals surface area contributed by atoms with E-state index in [1.807, 2.05) is 27.7 Å². The van der Waals surface area contributed by atoms with E-state index in [2.05, 4.69) is 6.07 Å². The second kappa shape index (κ2) is 5.75. The van der Waals surface area contributed by atoms with Crippen LogP contribution in [0.4, 0.5) is 0 Å². The topological polar surface area (TPSA) is 57.9 Å². The predicted octanol–water partition coefficient (Wildman–Crippen LogP) is 3.34. The molecule has 0 saturated carbocycles. The monoisotopic (exact) mass is 279 g/mol. The van der Waals surface area contributed by atoms with Crippen molar-refractivity contribution in [2.75, 3.05) is 5.75 Å². The minimum Gasteiger partial charge on any atom is -0.224 e. The minimum absolute atomic E-state index is 0.0709. The third kappa shape index (κ3) is 4.07. The van der Waals surface area contributed by atoms with Crippen LogP contribution in [-0.2, 0) is 9.84 Å². The standard InChI is InChI=1S/C15H21NO2S/c1-12-5-7-14(8-6-12)19(17,18)11-13(2)15(3,4)9-10-16/h5-8,13H,9,11H2,1-4H3. The zero-order valence-electron chi connectivity index (χ0n) is 12.0. The number of benzene rings is 1. The Kier molecular flexibility index (Phi) is 4.75. The van der Waals surface area contributed by atoms with Gasteiger partial charge in [0.1, 0.15) is 0 Å². The fraction of sp³-hybridized carbons (Fsp3) is 0.533. The predicted molar refractivity (Wildman–Crippen MR) is 76.4 cm³/mol. The van der Waals surface area contributed by atoms with E-state index in [1.165, 1.54) is 0 Å². The molecule has 0 N–H and O–H groups in total. The van der Waals surface area contributed by atoms with Gasteiger partial charge < -0.3 is 0 Å². The van der Waals surface area contributed by atoms with E-state index in [4.69, 9.17) is 5.26 Å². The lowest BCUT2D eigenvalue weighted by molar-refractivity contribution is 0.258. The smallest absolute Gasteiger partial charge is 0.178 e. The van der Waals surface area contributed by atoms with E-state index in [0.29, 0.717) is 11.3 Å². The Morgan fingerprint density at radius 2 is 1.79 bits per heavy atom. The van der Waals surface area contributed by atoms with Crippen molar-refractivity contribution >= 4 is 9.84 Å². The van der Waals surface area contributed by atoms with Gasteiger partial charge in [0.2, 0.25) is 0 Å². The van der Waals surface area contributed by atoms with Gasteiger partial charge in [0, 0.05) is 6.42 Å². The molecule has 1 unspecified atom stereocenters. The molecule has 0 aromatic heterocycles. The average molecular weight is 279 g/mol. The van der Waals surface area contributed by atoms with Gasteiger partial charge in [0.05, 0.1) is 16.7 Å². The molecule has 0 radical (unpaired) electrons. The molecule has 1 rings (SSSR count). The second-order valence-electron chi connectivity index (χ2n) is 5.82. The van der Waals surface area contributed by atoms with Crippen LogP contribution in [0.25, 0.3) is 0 Å². The molecule has 1 aromatic carbocycles. The van der Waals surface area contributed by atoms with Gasteiger partial charge in [-0.15, -0.1) is 0 Å². The van der Waals surface area contributed by atoms with Crippen LogP contribution in [0.3, 0.4) is 0 Å². The summed E-state index contributed by atoms with van der Waals surface area (Å²) in [6.45, 7) is 7.69. The van der Waals surface area contributed by atoms with E-state index >= 15 is 0 Å². The number of hydrogen-bond acceptors (Lipinski definition) is 3. The highest BCUT2D eigenvalue weighted by molar-refractivity contribution is 7.91. The van der Waals surface area contributed by atoms with Crippen LogP contribution >= 0.6 is 0 Å². The maximum atomic E-state index is 12.3. The van der Waals surface area contributed by atoms with Crippen molar-refractivity contribution in [1.29, 1.82) is 5.26 Å². The quantitative estimate of drug-likeness (QED) is 0.830. The fourth-order valence-electron chi connectivity index (χ4n) is 1.77. The van der Waals surface area contributed by atoms with Gasteiger partial charge in [-0.25, -0.2) is 8.42 Å². The Balaban J connectivity index is 2.92. The largest absolute Gasteiger partial charge is 0.224 e. The molecule has 0 heterocycles. The molecule has 1 atom stereocenters. The number of rotatable bonds is 5. The van der Waals surface area contributed by atoms with Crippen LogP contribution in [0.1, 0.15) is 32.8 Å². The molecule has 19 heavy (non-hydrogen) atoms. The van der Waals surface area contributed by atoms with Crippen molar-refractivity contribution in [1.82, 2.24) is 0 Å². The van der Waals surface area contributed by atoms with E-state index in [0.717, 1.165) is 5.56 Å². The first-order valence-electron chi connectivity index (χ1n) is 6.35. The first-order valence-corrected chi connectivity index (χ1v) is 8.00. The zero-order valence-corrected chi connectivity index (χ0v) is 12.8. The third-order valence-electron chi connectivity index (χ3n) is 3.72. The first kappa shape index (κ1) is 15.7. The molecule has 0 aliphatic heterocycles. The van der Waals surface area contributed by atoms with Gasteiger partial charge in [-0.2, -0.15) is 5.26 Å². The lowest BCUT2D eigenvalue weighted by Gasteiger charge is -2.29. The Labute approximate surface area is 116 Å². The van der Waals surface area contributed by atoms with E-state index < -0.39 is 9.84 Å². The number of nitriles is 1. The summed E-state index contributed by atoms with van der Waals surface area (Å²) in [5, 5.41) is 8.80. The molecule has 4 heteroatoms. The van der Waals surface area contributed by atoms with Crippen LogP contribution in [-0.4, -0.2) is 14.2 Å². The fourth-order valence-corrected chi connectivity index (χ4v) is 3.63. The summed E-state index contributed by atoms with van der Waals surface area (Å²) in [5.41, 5.74) is 0.740. The highest BCUT2D eigenvalue weighted by Gasteiger charge is 2.30. The van der Waals surface area contributed by atoms with Crippen molar-refractivity contribution in [2.24, 2.45) is 11.3 Å². The van der Waals surface area contributed by atoms with E-state index in [1.54, 1.807) is 24.3 Å². The molecule has 1 aromatic rings. The Hall–Kier alpha value is -1.34. The molecule has 0 fully saturated rings. The Morgan fingerprint density at radius 3 is 2.26 bits per heavy atom. The van der Waals surface area contributed by atoms with Crippen molar-refractivity contribution in [3.63, 3.8) is 0 Å². The average Bonchev–Trinajstić information content (AvgIpc) is 2.28. The summed E-state index contributed by atoms with van der Waals surface area (Å²) in [6.07, 6.45) is 0.359. The van der Waals surface area contributed by atoms with Crippen LogP contribution < -0.4 is 0 Å². The Morgan fingerprint density at radius 1 is 1.26 bits per heavy atom. The lowest BCUT2D eigenvalue weighted by Crippen LogP contribution is -2.28. The Bertz CT molecular complexity index is 565. The molecular weight excluding hydrogens is 258 g/mol. The van der Waals surface area contributed by atoms with Crippen molar-refractivity contribution in [3.05, 3.63) is 29.8 Å². The highest BCUT2D eigenvalue weighted by Crippen LogP contribution is 2.32. The molecule has 0 amide bonds. The summed E-state index contributed by atoms with van der Waals surface area (Å²) < 4.78 is 24.6. The SMILES string of the molecule is Cc1ccc(S(=O)(=O)CC(C)C(C)(C)CC#N)cc1.